The Balaban J connectivity index is 2.03. The highest BCUT2D eigenvalue weighted by atomic mass is 79.9. The molecule has 1 N–H and O–H groups in total. The molecule has 0 aliphatic carbocycles. The van der Waals surface area contributed by atoms with Crippen LogP contribution < -0.4 is 10.1 Å². The molecule has 0 heterocycles. The van der Waals surface area contributed by atoms with Crippen LogP contribution in [-0.4, -0.2) is 36.4 Å². The molecule has 0 bridgehead atoms. The Morgan fingerprint density at radius 1 is 1.19 bits per heavy atom. The molecule has 2 aromatic rings. The van der Waals surface area contributed by atoms with Gasteiger partial charge in [0, 0.05) is 23.2 Å². The molecule has 27 heavy (non-hydrogen) atoms. The van der Waals surface area contributed by atoms with Crippen molar-refractivity contribution in [2.45, 2.75) is 13.8 Å². The van der Waals surface area contributed by atoms with E-state index >= 15 is 0 Å². The first-order valence-electron chi connectivity index (χ1n) is 8.32. The predicted octanol–water partition coefficient (Wildman–Crippen LogP) is 4.74. The molecular weight excluding hydrogens is 439 g/mol. The minimum Gasteiger partial charge on any atom is -0.482 e. The predicted molar refractivity (Wildman–Crippen MR) is 107 cm³/mol. The maximum Gasteiger partial charge on any atom is 0.260 e. The SMILES string of the molecule is CCN(CC)C(=O)COc1ccc(NC(=O)c2ccc(F)cc2Br)cc1Cl. The molecule has 144 valence electrons. The van der Waals surface area contributed by atoms with Crippen molar-refractivity contribution in [3.63, 3.8) is 0 Å². The van der Waals surface area contributed by atoms with E-state index in [2.05, 4.69) is 21.2 Å². The van der Waals surface area contributed by atoms with Crippen LogP contribution in [0.3, 0.4) is 0 Å². The summed E-state index contributed by atoms with van der Waals surface area (Å²) in [6.45, 7) is 4.89. The Kier molecular flexibility index (Phi) is 7.62. The molecule has 2 aromatic carbocycles. The molecule has 5 nitrogen and oxygen atoms in total. The number of ether oxygens (including phenoxy) is 1. The highest BCUT2D eigenvalue weighted by Gasteiger charge is 2.14. The number of carbonyl (C=O) groups is 2. The van der Waals surface area contributed by atoms with E-state index in [1.165, 1.54) is 24.3 Å². The summed E-state index contributed by atoms with van der Waals surface area (Å²) in [5.41, 5.74) is 0.737. The van der Waals surface area contributed by atoms with Crippen molar-refractivity contribution >= 4 is 45.0 Å². The largest absolute Gasteiger partial charge is 0.482 e. The fraction of sp³-hybridized carbons (Fsp3) is 0.263. The number of hydrogen-bond acceptors (Lipinski definition) is 3. The van der Waals surface area contributed by atoms with Crippen LogP contribution >= 0.6 is 27.5 Å². The van der Waals surface area contributed by atoms with Crippen molar-refractivity contribution in [1.29, 1.82) is 0 Å². The molecule has 2 rings (SSSR count). The Labute approximate surface area is 170 Å². The van der Waals surface area contributed by atoms with Gasteiger partial charge in [-0.25, -0.2) is 4.39 Å². The number of halogens is 3. The summed E-state index contributed by atoms with van der Waals surface area (Å²) >= 11 is 9.34. The molecule has 0 aliphatic rings. The lowest BCUT2D eigenvalue weighted by molar-refractivity contribution is -0.132. The van der Waals surface area contributed by atoms with Crippen LogP contribution in [0.2, 0.25) is 5.02 Å². The van der Waals surface area contributed by atoms with E-state index in [9.17, 15) is 14.0 Å². The molecule has 0 fully saturated rings. The highest BCUT2D eigenvalue weighted by molar-refractivity contribution is 9.10. The number of hydrogen-bond donors (Lipinski definition) is 1. The van der Waals surface area contributed by atoms with Gasteiger partial charge in [-0.3, -0.25) is 9.59 Å². The fourth-order valence-electron chi connectivity index (χ4n) is 2.37. The van der Waals surface area contributed by atoms with Gasteiger partial charge in [0.1, 0.15) is 11.6 Å². The lowest BCUT2D eigenvalue weighted by Crippen LogP contribution is -2.34. The van der Waals surface area contributed by atoms with E-state index in [-0.39, 0.29) is 23.1 Å². The van der Waals surface area contributed by atoms with Gasteiger partial charge in [0.2, 0.25) is 0 Å². The molecule has 0 aromatic heterocycles. The van der Waals surface area contributed by atoms with Crippen LogP contribution in [0, 0.1) is 5.82 Å². The molecule has 2 amide bonds. The van der Waals surface area contributed by atoms with Crippen LogP contribution in [0.5, 0.6) is 5.75 Å². The summed E-state index contributed by atoms with van der Waals surface area (Å²) in [5, 5.41) is 2.94. The van der Waals surface area contributed by atoms with Crippen molar-refractivity contribution in [2.75, 3.05) is 25.0 Å². The first kappa shape index (κ1) is 21.2. The highest BCUT2D eigenvalue weighted by Crippen LogP contribution is 2.28. The van der Waals surface area contributed by atoms with Crippen molar-refractivity contribution in [3.8, 4) is 5.75 Å². The minimum atomic E-state index is -0.442. The third-order valence-corrected chi connectivity index (χ3v) is 4.78. The standard InChI is InChI=1S/C19H19BrClFN2O3/c1-3-24(4-2)18(25)11-27-17-8-6-13(10-16(17)21)23-19(26)14-7-5-12(22)9-15(14)20/h5-10H,3-4,11H2,1-2H3,(H,23,26). The van der Waals surface area contributed by atoms with Crippen molar-refractivity contribution in [3.05, 3.63) is 57.3 Å². The van der Waals surface area contributed by atoms with Gasteiger partial charge in [0.25, 0.3) is 11.8 Å². The van der Waals surface area contributed by atoms with Crippen molar-refractivity contribution in [1.82, 2.24) is 4.90 Å². The molecule has 0 atom stereocenters. The number of anilines is 1. The third-order valence-electron chi connectivity index (χ3n) is 3.83. The number of benzene rings is 2. The second-order valence-electron chi connectivity index (χ2n) is 5.58. The van der Waals surface area contributed by atoms with Crippen LogP contribution in [0.1, 0.15) is 24.2 Å². The Bertz CT molecular complexity index is 844. The maximum absolute atomic E-state index is 13.1. The first-order chi connectivity index (χ1) is 12.8. The number of nitrogens with zero attached hydrogens (tertiary/aromatic N) is 1. The fourth-order valence-corrected chi connectivity index (χ4v) is 3.14. The van der Waals surface area contributed by atoms with Crippen LogP contribution in [0.4, 0.5) is 10.1 Å². The zero-order valence-corrected chi connectivity index (χ0v) is 17.2. The molecule has 0 spiro atoms. The Morgan fingerprint density at radius 3 is 2.48 bits per heavy atom. The van der Waals surface area contributed by atoms with Gasteiger partial charge in [0.05, 0.1) is 10.6 Å². The van der Waals surface area contributed by atoms with E-state index in [4.69, 9.17) is 16.3 Å². The topological polar surface area (TPSA) is 58.6 Å². The van der Waals surface area contributed by atoms with E-state index in [0.29, 0.717) is 29.0 Å². The average Bonchev–Trinajstić information content (AvgIpc) is 2.62. The van der Waals surface area contributed by atoms with Gasteiger partial charge in [-0.1, -0.05) is 11.6 Å². The number of amides is 2. The zero-order chi connectivity index (χ0) is 20.0. The lowest BCUT2D eigenvalue weighted by Gasteiger charge is -2.19. The summed E-state index contributed by atoms with van der Waals surface area (Å²) in [5.74, 6) is -0.640. The number of rotatable bonds is 7. The van der Waals surface area contributed by atoms with Gasteiger partial charge in [-0.2, -0.15) is 0 Å². The molecule has 0 saturated heterocycles. The van der Waals surface area contributed by atoms with E-state index < -0.39 is 11.7 Å². The van der Waals surface area contributed by atoms with E-state index in [1.807, 2.05) is 13.8 Å². The first-order valence-corrected chi connectivity index (χ1v) is 9.49. The smallest absolute Gasteiger partial charge is 0.260 e. The Hall–Kier alpha value is -2.12. The summed E-state index contributed by atoms with van der Waals surface area (Å²) in [6, 6.07) is 8.51. The molecule has 8 heteroatoms. The number of nitrogens with one attached hydrogen (secondary N) is 1. The lowest BCUT2D eigenvalue weighted by atomic mass is 10.2. The van der Waals surface area contributed by atoms with E-state index in [0.717, 1.165) is 0 Å². The van der Waals surface area contributed by atoms with Gasteiger partial charge in [0.15, 0.2) is 6.61 Å². The third kappa shape index (κ3) is 5.68. The minimum absolute atomic E-state index is 0.115. The van der Waals surface area contributed by atoms with Gasteiger partial charge in [-0.15, -0.1) is 0 Å². The molecule has 0 saturated carbocycles. The van der Waals surface area contributed by atoms with Gasteiger partial charge >= 0.3 is 0 Å². The number of carbonyl (C=O) groups excluding carboxylic acids is 2. The summed E-state index contributed by atoms with van der Waals surface area (Å²) in [6.07, 6.45) is 0. The van der Waals surface area contributed by atoms with Crippen molar-refractivity contribution < 1.29 is 18.7 Å². The molecule has 0 unspecified atom stereocenters. The van der Waals surface area contributed by atoms with Crippen molar-refractivity contribution in [2.24, 2.45) is 0 Å². The summed E-state index contributed by atoms with van der Waals surface area (Å²) in [4.78, 5) is 26.0. The molecule has 0 radical (unpaired) electrons. The van der Waals surface area contributed by atoms with Gasteiger partial charge in [-0.05, 0) is 66.2 Å². The molecule has 0 aliphatic heterocycles. The normalized spacial score (nSPS) is 10.4. The zero-order valence-electron chi connectivity index (χ0n) is 14.9. The van der Waals surface area contributed by atoms with Gasteiger partial charge < -0.3 is 15.0 Å². The van der Waals surface area contributed by atoms with E-state index in [1.54, 1.807) is 17.0 Å². The van der Waals surface area contributed by atoms with Crippen LogP contribution in [0.15, 0.2) is 40.9 Å². The second-order valence-corrected chi connectivity index (χ2v) is 6.84. The average molecular weight is 458 g/mol. The van der Waals surface area contributed by atoms with Crippen LogP contribution in [-0.2, 0) is 4.79 Å². The van der Waals surface area contributed by atoms with Crippen LogP contribution in [0.25, 0.3) is 0 Å². The quantitative estimate of drug-likeness (QED) is 0.653. The summed E-state index contributed by atoms with van der Waals surface area (Å²) < 4.78 is 19.0. The Morgan fingerprint density at radius 2 is 1.89 bits per heavy atom. The summed E-state index contributed by atoms with van der Waals surface area (Å²) in [7, 11) is 0. The second kappa shape index (κ2) is 9.71. The monoisotopic (exact) mass is 456 g/mol. The number of likely N-dealkylation sites (N-methyl/N-ethyl adjacent to an activating group) is 1. The maximum atomic E-state index is 13.1. The molecular formula is C19H19BrClFN2O3.